The Morgan fingerprint density at radius 2 is 1.92 bits per heavy atom. The second kappa shape index (κ2) is 7.55. The van der Waals surface area contributed by atoms with Gasteiger partial charge in [0, 0.05) is 11.7 Å². The van der Waals surface area contributed by atoms with Crippen molar-refractivity contribution in [1.82, 2.24) is 10.2 Å². The van der Waals surface area contributed by atoms with Crippen LogP contribution in [0.4, 0.5) is 9.52 Å². The molecule has 1 aliphatic carbocycles. The number of carbonyl (C=O) groups is 1. The predicted octanol–water partition coefficient (Wildman–Crippen LogP) is 4.71. The quantitative estimate of drug-likeness (QED) is 0.493. The van der Waals surface area contributed by atoms with Crippen LogP contribution < -0.4 is 5.32 Å². The van der Waals surface area contributed by atoms with Gasteiger partial charge in [-0.15, -0.1) is 10.2 Å². The smallest absolute Gasteiger partial charge is 0.229 e. The van der Waals surface area contributed by atoms with E-state index < -0.39 is 0 Å². The Bertz CT molecular complexity index is 916. The first-order chi connectivity index (χ1) is 12.7. The van der Waals surface area contributed by atoms with E-state index in [0.29, 0.717) is 17.1 Å². The van der Waals surface area contributed by atoms with Gasteiger partial charge in [0.25, 0.3) is 0 Å². The number of benzene rings is 2. The van der Waals surface area contributed by atoms with E-state index in [1.54, 1.807) is 30.0 Å². The van der Waals surface area contributed by atoms with Crippen LogP contribution in [0.5, 0.6) is 0 Å². The molecule has 132 valence electrons. The van der Waals surface area contributed by atoms with Gasteiger partial charge in [0.15, 0.2) is 4.34 Å². The fourth-order valence-corrected chi connectivity index (χ4v) is 4.55. The van der Waals surface area contributed by atoms with Gasteiger partial charge in [-0.25, -0.2) is 4.39 Å². The van der Waals surface area contributed by atoms with Crippen LogP contribution in [0, 0.1) is 11.7 Å². The van der Waals surface area contributed by atoms with Gasteiger partial charge in [-0.05, 0) is 29.5 Å². The number of aromatic nitrogens is 2. The SMILES string of the molecule is O=C(Nc1nnc(SCc2ccccc2)s1)C1CC1c1ccccc1F. The molecule has 0 radical (unpaired) electrons. The van der Waals surface area contributed by atoms with E-state index in [0.717, 1.165) is 10.1 Å². The lowest BCUT2D eigenvalue weighted by atomic mass is 10.1. The molecular formula is C19H16FN3OS2. The highest BCUT2D eigenvalue weighted by atomic mass is 32.2. The molecule has 0 bridgehead atoms. The number of halogens is 1. The lowest BCUT2D eigenvalue weighted by molar-refractivity contribution is -0.117. The van der Waals surface area contributed by atoms with Crippen LogP contribution in [0.2, 0.25) is 0 Å². The number of hydrogen-bond donors (Lipinski definition) is 1. The van der Waals surface area contributed by atoms with Crippen molar-refractivity contribution in [3.63, 3.8) is 0 Å². The van der Waals surface area contributed by atoms with E-state index in [1.807, 2.05) is 18.2 Å². The molecule has 0 spiro atoms. The Kier molecular flexibility index (Phi) is 4.99. The first kappa shape index (κ1) is 17.2. The number of rotatable bonds is 6. The van der Waals surface area contributed by atoms with E-state index in [1.165, 1.54) is 23.0 Å². The summed E-state index contributed by atoms with van der Waals surface area (Å²) in [4.78, 5) is 12.4. The molecule has 3 aromatic rings. The van der Waals surface area contributed by atoms with Gasteiger partial charge in [-0.3, -0.25) is 4.79 Å². The molecule has 1 aliphatic rings. The molecule has 26 heavy (non-hydrogen) atoms. The number of carbonyl (C=O) groups excluding carboxylic acids is 1. The standard InChI is InChI=1S/C19H16FN3OS2/c20-16-9-5-4-8-13(16)14-10-15(14)17(24)21-18-22-23-19(26-18)25-11-12-6-2-1-3-7-12/h1-9,14-15H,10-11H2,(H,21,22,24). The van der Waals surface area contributed by atoms with Gasteiger partial charge in [0.2, 0.25) is 11.0 Å². The van der Waals surface area contributed by atoms with Gasteiger partial charge in [-0.2, -0.15) is 0 Å². The monoisotopic (exact) mass is 385 g/mol. The number of nitrogens with one attached hydrogen (secondary N) is 1. The van der Waals surface area contributed by atoms with Gasteiger partial charge in [-0.1, -0.05) is 71.6 Å². The Morgan fingerprint density at radius 3 is 2.73 bits per heavy atom. The molecule has 2 aromatic carbocycles. The van der Waals surface area contributed by atoms with E-state index in [2.05, 4.69) is 27.6 Å². The average Bonchev–Trinajstić information content (AvgIpc) is 3.34. The zero-order valence-electron chi connectivity index (χ0n) is 13.8. The van der Waals surface area contributed by atoms with Crippen LogP contribution in [0.15, 0.2) is 58.9 Å². The third-order valence-corrected chi connectivity index (χ3v) is 6.32. The van der Waals surface area contributed by atoms with Crippen molar-refractivity contribution in [3.05, 3.63) is 71.5 Å². The summed E-state index contributed by atoms with van der Waals surface area (Å²) in [6, 6.07) is 16.8. The molecule has 2 unspecified atom stereocenters. The molecule has 1 aromatic heterocycles. The molecule has 0 aliphatic heterocycles. The summed E-state index contributed by atoms with van der Waals surface area (Å²) in [5, 5.41) is 11.5. The molecule has 1 heterocycles. The highest BCUT2D eigenvalue weighted by molar-refractivity contribution is 8.00. The number of hydrogen-bond acceptors (Lipinski definition) is 5. The Morgan fingerprint density at radius 1 is 1.15 bits per heavy atom. The summed E-state index contributed by atoms with van der Waals surface area (Å²) >= 11 is 2.95. The van der Waals surface area contributed by atoms with Crippen LogP contribution in [0.1, 0.15) is 23.5 Å². The third-order valence-electron chi connectivity index (χ3n) is 4.27. The van der Waals surface area contributed by atoms with Crippen molar-refractivity contribution in [2.45, 2.75) is 22.4 Å². The summed E-state index contributed by atoms with van der Waals surface area (Å²) in [6.45, 7) is 0. The van der Waals surface area contributed by atoms with Crippen LogP contribution in [-0.4, -0.2) is 16.1 Å². The third kappa shape index (κ3) is 3.94. The Labute approximate surface area is 158 Å². The molecule has 4 nitrogen and oxygen atoms in total. The van der Waals surface area contributed by atoms with Crippen LogP contribution in [0.25, 0.3) is 0 Å². The van der Waals surface area contributed by atoms with Crippen molar-refractivity contribution in [1.29, 1.82) is 0 Å². The van der Waals surface area contributed by atoms with Crippen molar-refractivity contribution < 1.29 is 9.18 Å². The number of amides is 1. The maximum absolute atomic E-state index is 13.8. The minimum atomic E-state index is -0.247. The molecule has 1 saturated carbocycles. The summed E-state index contributed by atoms with van der Waals surface area (Å²) in [6.07, 6.45) is 0.668. The molecule has 1 N–H and O–H groups in total. The first-order valence-corrected chi connectivity index (χ1v) is 10.1. The summed E-state index contributed by atoms with van der Waals surface area (Å²) in [5.74, 6) is 0.200. The Balaban J connectivity index is 1.32. The topological polar surface area (TPSA) is 54.9 Å². The summed E-state index contributed by atoms with van der Waals surface area (Å²) in [7, 11) is 0. The van der Waals surface area contributed by atoms with Gasteiger partial charge < -0.3 is 5.32 Å². The van der Waals surface area contributed by atoms with Crippen LogP contribution >= 0.6 is 23.1 Å². The fourth-order valence-electron chi connectivity index (χ4n) is 2.84. The lowest BCUT2D eigenvalue weighted by Crippen LogP contribution is -2.14. The maximum Gasteiger partial charge on any atom is 0.229 e. The zero-order valence-corrected chi connectivity index (χ0v) is 15.4. The minimum absolute atomic E-state index is 0.0453. The molecule has 4 rings (SSSR count). The van der Waals surface area contributed by atoms with Crippen molar-refractivity contribution >= 4 is 34.1 Å². The number of thioether (sulfide) groups is 1. The second-order valence-corrected chi connectivity index (χ2v) is 8.31. The number of nitrogens with zero attached hydrogens (tertiary/aromatic N) is 2. The molecule has 0 saturated heterocycles. The van der Waals surface area contributed by atoms with Crippen molar-refractivity contribution in [3.8, 4) is 0 Å². The minimum Gasteiger partial charge on any atom is -0.300 e. The summed E-state index contributed by atoms with van der Waals surface area (Å²) in [5.41, 5.74) is 1.83. The van der Waals surface area contributed by atoms with E-state index in [4.69, 9.17) is 0 Å². The van der Waals surface area contributed by atoms with Gasteiger partial charge in [0.1, 0.15) is 5.82 Å². The maximum atomic E-state index is 13.8. The largest absolute Gasteiger partial charge is 0.300 e. The second-order valence-electron chi connectivity index (χ2n) is 6.11. The van der Waals surface area contributed by atoms with Crippen molar-refractivity contribution in [2.75, 3.05) is 5.32 Å². The zero-order chi connectivity index (χ0) is 17.9. The predicted molar refractivity (Wildman–Crippen MR) is 102 cm³/mol. The van der Waals surface area contributed by atoms with Gasteiger partial charge in [0.05, 0.1) is 0 Å². The lowest BCUT2D eigenvalue weighted by Gasteiger charge is -2.02. The fraction of sp³-hybridized carbons (Fsp3) is 0.211. The summed E-state index contributed by atoms with van der Waals surface area (Å²) < 4.78 is 14.6. The highest BCUT2D eigenvalue weighted by Crippen LogP contribution is 2.48. The Hall–Kier alpha value is -2.25. The average molecular weight is 385 g/mol. The molecular weight excluding hydrogens is 369 g/mol. The molecule has 7 heteroatoms. The van der Waals surface area contributed by atoms with E-state index >= 15 is 0 Å². The normalized spacial score (nSPS) is 18.5. The molecule has 2 atom stereocenters. The van der Waals surface area contributed by atoms with Crippen molar-refractivity contribution in [2.24, 2.45) is 5.92 Å². The van der Waals surface area contributed by atoms with Crippen LogP contribution in [-0.2, 0) is 10.5 Å². The molecule has 1 amide bonds. The van der Waals surface area contributed by atoms with Gasteiger partial charge >= 0.3 is 0 Å². The highest BCUT2D eigenvalue weighted by Gasteiger charge is 2.45. The first-order valence-electron chi connectivity index (χ1n) is 8.26. The van der Waals surface area contributed by atoms with E-state index in [-0.39, 0.29) is 23.6 Å². The van der Waals surface area contributed by atoms with Crippen LogP contribution in [0.3, 0.4) is 0 Å². The number of anilines is 1. The van der Waals surface area contributed by atoms with E-state index in [9.17, 15) is 9.18 Å². The molecule has 1 fully saturated rings.